The minimum Gasteiger partial charge on any atom is -0.392 e. The predicted molar refractivity (Wildman–Crippen MR) is 544 cm³/mol. The molecule has 734 valence electrons. The number of aliphatic hydroxyl groups is 2. The van der Waals surface area contributed by atoms with E-state index in [1.165, 1.54) is 27.8 Å². The van der Waals surface area contributed by atoms with Gasteiger partial charge in [0.1, 0.15) is 0 Å². The first kappa shape index (κ1) is 110. The van der Waals surface area contributed by atoms with Crippen LogP contribution in [-0.2, 0) is 46.8 Å². The molecule has 0 aliphatic carbocycles. The lowest BCUT2D eigenvalue weighted by atomic mass is 9.93. The lowest BCUT2D eigenvalue weighted by Gasteiger charge is -2.37. The summed E-state index contributed by atoms with van der Waals surface area (Å²) in [5, 5.41) is 44.4. The summed E-state index contributed by atoms with van der Waals surface area (Å²) in [6.45, 7) is 61.9. The van der Waals surface area contributed by atoms with Crippen molar-refractivity contribution in [1.82, 2.24) is 71.5 Å². The van der Waals surface area contributed by atoms with Gasteiger partial charge in [-0.15, -0.1) is 0 Å². The zero-order valence-electron chi connectivity index (χ0n) is 84.7. The molecule has 9 N–H and O–H groups in total. The summed E-state index contributed by atoms with van der Waals surface area (Å²) < 4.78 is 0. The summed E-state index contributed by atoms with van der Waals surface area (Å²) in [5.41, 5.74) is 10.4. The van der Waals surface area contributed by atoms with Crippen molar-refractivity contribution in [2.45, 2.75) is 215 Å². The van der Waals surface area contributed by atoms with E-state index in [-0.39, 0.29) is 135 Å². The lowest BCUT2D eigenvalue weighted by Crippen LogP contribution is -2.51. The number of benzene rings is 7. The third-order valence-electron chi connectivity index (χ3n) is 24.6. The van der Waals surface area contributed by atoms with Crippen molar-refractivity contribution < 1.29 is 43.8 Å². The molecule has 7 heterocycles. The number of carbonyl (C=O) groups excluding carboxylic acids is 7. The minimum atomic E-state index is -0.349. The van der Waals surface area contributed by atoms with E-state index in [2.05, 4.69) is 118 Å². The highest BCUT2D eigenvalue weighted by Crippen LogP contribution is 2.34. The predicted octanol–water partition coefficient (Wildman–Crippen LogP) is 16.3. The second kappa shape index (κ2) is 49.9. The first-order valence-corrected chi connectivity index (χ1v) is 48.9. The van der Waals surface area contributed by atoms with Gasteiger partial charge in [0.15, 0.2) is 0 Å². The number of piperazine rings is 7. The van der Waals surface area contributed by atoms with Crippen molar-refractivity contribution in [1.29, 1.82) is 0 Å². The Bertz CT molecular complexity index is 4840. The smallest absolute Gasteiger partial charge is 0.228 e. The molecule has 0 saturated carbocycles. The van der Waals surface area contributed by atoms with Crippen molar-refractivity contribution in [3.63, 3.8) is 0 Å². The highest BCUT2D eigenvalue weighted by Gasteiger charge is 2.39. The fourth-order valence-corrected chi connectivity index (χ4v) is 17.7. The van der Waals surface area contributed by atoms with Gasteiger partial charge in [0, 0.05) is 210 Å². The summed E-state index contributed by atoms with van der Waals surface area (Å²) >= 11 is 12.3. The normalized spacial score (nSPS) is 20.4. The van der Waals surface area contributed by atoms with Crippen LogP contribution in [0.25, 0.3) is 0 Å². The van der Waals surface area contributed by atoms with Crippen molar-refractivity contribution in [3.8, 4) is 0 Å². The first-order valence-electron chi connectivity index (χ1n) is 48.1. The summed E-state index contributed by atoms with van der Waals surface area (Å²) in [6, 6.07) is 60.0. The molecule has 0 aromatic heterocycles. The average molecular weight is 1880 g/mol. The van der Waals surface area contributed by atoms with Crippen LogP contribution in [0.15, 0.2) is 176 Å². The summed E-state index contributed by atoms with van der Waals surface area (Å²) in [5.74, 6) is 1.52. The van der Waals surface area contributed by atoms with E-state index in [0.717, 1.165) is 155 Å². The number of aryl methyl sites for hydroxylation is 2. The van der Waals surface area contributed by atoms with Crippen LogP contribution in [0.3, 0.4) is 0 Å². The van der Waals surface area contributed by atoms with Gasteiger partial charge >= 0.3 is 0 Å². The third-order valence-corrected chi connectivity index (χ3v) is 25.2. The van der Waals surface area contributed by atoms with Gasteiger partial charge in [0.25, 0.3) is 0 Å². The number of hydrogen-bond donors (Lipinski definition) is 9. The quantitative estimate of drug-likeness (QED) is 0.0650. The topological polar surface area (TPSA) is 267 Å². The van der Waals surface area contributed by atoms with Gasteiger partial charge in [-0.25, -0.2) is 0 Å². The van der Waals surface area contributed by atoms with Crippen LogP contribution in [0, 0.1) is 51.8 Å². The Labute approximate surface area is 812 Å². The zero-order valence-corrected chi connectivity index (χ0v) is 86.2. The van der Waals surface area contributed by atoms with Gasteiger partial charge in [-0.1, -0.05) is 332 Å². The number of halogens is 2. The fraction of sp³-hybridized carbons (Fsp3) is 0.550. The van der Waals surface area contributed by atoms with Crippen molar-refractivity contribution in [2.75, 3.05) is 137 Å². The molecule has 7 aliphatic rings. The van der Waals surface area contributed by atoms with Crippen LogP contribution in [0.4, 0.5) is 0 Å². The fourth-order valence-electron chi connectivity index (χ4n) is 17.2. The van der Waals surface area contributed by atoms with E-state index in [1.54, 1.807) is 0 Å². The molecule has 0 spiro atoms. The molecule has 134 heavy (non-hydrogen) atoms. The highest BCUT2D eigenvalue weighted by atomic mass is 35.5. The number of amides is 7. The zero-order chi connectivity index (χ0) is 98.8. The van der Waals surface area contributed by atoms with E-state index in [9.17, 15) is 43.8 Å². The monoisotopic (exact) mass is 1880 g/mol. The van der Waals surface area contributed by atoms with Crippen molar-refractivity contribution in [3.05, 3.63) is 247 Å². The molecule has 14 rings (SSSR count). The number of nitrogens with one attached hydrogen (secondary N) is 7. The maximum Gasteiger partial charge on any atom is 0.228 e. The molecule has 0 radical (unpaired) electrons. The van der Waals surface area contributed by atoms with Crippen LogP contribution in [0.2, 0.25) is 10.0 Å². The highest BCUT2D eigenvalue weighted by molar-refractivity contribution is 6.31. The molecule has 7 atom stereocenters. The molecule has 7 fully saturated rings. The summed E-state index contributed by atoms with van der Waals surface area (Å²) in [4.78, 5) is 100. The average Bonchev–Trinajstić information content (AvgIpc) is 0.832. The van der Waals surface area contributed by atoms with Crippen LogP contribution in [0.1, 0.15) is 249 Å². The van der Waals surface area contributed by atoms with Gasteiger partial charge in [0.05, 0.1) is 31.3 Å². The van der Waals surface area contributed by atoms with Crippen LogP contribution >= 0.6 is 23.2 Å². The van der Waals surface area contributed by atoms with E-state index in [4.69, 9.17) is 23.2 Å². The van der Waals surface area contributed by atoms with Gasteiger partial charge in [-0.2, -0.15) is 0 Å². The number of aliphatic hydroxyl groups excluding tert-OH is 2. The molecule has 0 bridgehead atoms. The summed E-state index contributed by atoms with van der Waals surface area (Å²) in [7, 11) is 0. The Hall–Kier alpha value is -8.95. The number of hydrogen-bond acceptors (Lipinski definition) is 16. The van der Waals surface area contributed by atoms with Crippen LogP contribution in [0.5, 0.6) is 0 Å². The number of rotatable bonds is 9. The molecule has 7 amide bonds. The van der Waals surface area contributed by atoms with Crippen LogP contribution in [-0.4, -0.2) is 223 Å². The molecule has 7 unspecified atom stereocenters. The SMILES string of the molecule is CC(C)(C)C(=O)N1CCNC(c2cccc(CO)c2)C1.CC(C)(C)C(=O)N1CCNC(c2cccc(Cl)c2)C1.CC(C)(C)C(=O)N1CCNC(c2ccccc2)C1.CC(C)(C)C(=O)N1CCNC(c2ccccc2CO)C1.CC(C)(C)C(=O)N1CCNC(c2ccccc2Cl)C1.Cc1ccc(C2CN(C(=O)C(C)(C)C)CCN2)cc1.Cc1ccccc1C1CN(C(=O)C(C)(C)C)CCN1. The molecular formula is C109H160Cl2N14O9. The lowest BCUT2D eigenvalue weighted by molar-refractivity contribution is -0.141. The summed E-state index contributed by atoms with van der Waals surface area (Å²) in [6.07, 6.45) is 0. The van der Waals surface area contributed by atoms with Gasteiger partial charge in [-0.3, -0.25) is 33.6 Å². The van der Waals surface area contributed by atoms with E-state index < -0.39 is 0 Å². The van der Waals surface area contributed by atoms with Gasteiger partial charge in [0.2, 0.25) is 41.4 Å². The Morgan fingerprint density at radius 2 is 0.552 bits per heavy atom. The first-order chi connectivity index (χ1) is 62.9. The van der Waals surface area contributed by atoms with E-state index >= 15 is 0 Å². The largest absolute Gasteiger partial charge is 0.392 e. The molecule has 25 heteroatoms. The van der Waals surface area contributed by atoms with E-state index in [1.807, 2.05) is 289 Å². The van der Waals surface area contributed by atoms with Gasteiger partial charge < -0.3 is 81.7 Å². The maximum absolute atomic E-state index is 12.4. The molecule has 7 aromatic rings. The van der Waals surface area contributed by atoms with Crippen molar-refractivity contribution >= 4 is 64.6 Å². The Morgan fingerprint density at radius 1 is 0.284 bits per heavy atom. The number of carbonyl (C=O) groups is 7. The maximum atomic E-state index is 12.4. The second-order valence-electron chi connectivity index (χ2n) is 43.6. The molecular weight excluding hydrogens is 1720 g/mol. The number of nitrogens with zero attached hydrogens (tertiary/aromatic N) is 7. The standard InChI is InChI=1S/2C16H24N2O2.2C16H24N2O.2C15H21ClN2O.C15H22N2O/c1-16(2,3)15(20)18-8-7-17-14(10-18)13-6-4-5-12(9-13)11-19;1-16(2,3)15(20)18-9-8-17-14(10-18)13-7-5-4-6-12(13)11-19;1-12-5-7-13(8-6-12)14-11-18(10-9-17-14)15(19)16(2,3)4;1-12-7-5-6-8-13(12)14-11-18(10-9-17-14)15(19)16(2,3)4;1-15(2,3)14(19)18-8-7-17-13(10-18)11-5-4-6-12(16)9-11;1-15(2,3)14(19)18-9-8-17-13(10-18)11-6-4-5-7-12(11)16;1-15(2,3)14(18)17-10-9-16-13(11-17)12-7-5-4-6-8-12/h4-6,9,14,17,19H,7-8,10-11H2,1-3H3;4-7,14,17,19H,8-11H2,1-3H3;2*5-8,14,17H,9-11H2,1-4H3;4-6,9,13,17H,7-8,10H2,1-3H3;4-7,13,17H,8-10H2,1-3H3;4-8,13,16H,9-11H2,1-3H3. The van der Waals surface area contributed by atoms with Gasteiger partial charge in [-0.05, 0) is 87.7 Å². The molecule has 7 aromatic carbocycles. The molecule has 23 nitrogen and oxygen atoms in total. The third kappa shape index (κ3) is 33.5. The Kier molecular flexibility index (Phi) is 41.1. The van der Waals surface area contributed by atoms with Crippen molar-refractivity contribution in [2.24, 2.45) is 37.9 Å². The Morgan fingerprint density at radius 3 is 0.888 bits per heavy atom. The van der Waals surface area contributed by atoms with Crippen LogP contribution < -0.4 is 37.2 Å². The molecule has 7 saturated heterocycles. The minimum absolute atomic E-state index is 0.0293. The second-order valence-corrected chi connectivity index (χ2v) is 44.4. The molecule has 7 aliphatic heterocycles. The van der Waals surface area contributed by atoms with E-state index in [0.29, 0.717) is 26.2 Å². The Balaban J connectivity index is 0.000000192.